The molecule has 0 aliphatic carbocycles. The van der Waals surface area contributed by atoms with Crippen molar-refractivity contribution >= 4 is 29.3 Å². The molecular formula is C25H33F3N6O4. The Bertz CT molecular complexity index is 1080. The first kappa shape index (κ1) is 27.7. The number of carbonyl (C=O) groups is 2. The van der Waals surface area contributed by atoms with Crippen LogP contribution in [0.2, 0.25) is 0 Å². The smallest absolute Gasteiger partial charge is 0.417 e. The van der Waals surface area contributed by atoms with E-state index in [0.29, 0.717) is 38.5 Å². The van der Waals surface area contributed by atoms with Crippen molar-refractivity contribution in [1.82, 2.24) is 15.3 Å². The maximum absolute atomic E-state index is 13.6. The molecule has 2 aromatic rings. The predicted octanol–water partition coefficient (Wildman–Crippen LogP) is 3.70. The molecule has 2 aliphatic rings. The zero-order valence-corrected chi connectivity index (χ0v) is 21.4. The van der Waals surface area contributed by atoms with E-state index in [1.165, 1.54) is 6.20 Å². The fourth-order valence-electron chi connectivity index (χ4n) is 4.70. The lowest BCUT2D eigenvalue weighted by Crippen LogP contribution is -2.36. The first-order valence-corrected chi connectivity index (χ1v) is 12.9. The van der Waals surface area contributed by atoms with Crippen molar-refractivity contribution in [3.05, 3.63) is 29.8 Å². The molecule has 0 radical (unpaired) electrons. The third-order valence-corrected chi connectivity index (χ3v) is 6.76. The molecule has 38 heavy (non-hydrogen) atoms. The van der Waals surface area contributed by atoms with Gasteiger partial charge in [-0.05, 0) is 50.2 Å². The fourth-order valence-corrected chi connectivity index (χ4v) is 4.70. The number of pyridine rings is 1. The number of nitrogens with zero attached hydrogens (tertiary/aromatic N) is 4. The molecule has 0 saturated carbocycles. The van der Waals surface area contributed by atoms with Crippen LogP contribution in [-0.4, -0.2) is 68.2 Å². The largest absolute Gasteiger partial charge is 0.437 e. The van der Waals surface area contributed by atoms with Crippen LogP contribution in [0.5, 0.6) is 0 Å². The van der Waals surface area contributed by atoms with Crippen molar-refractivity contribution in [3.8, 4) is 0 Å². The van der Waals surface area contributed by atoms with Crippen LogP contribution in [0.25, 0.3) is 0 Å². The molecule has 2 amide bonds. The molecule has 2 N–H and O–H groups in total. The lowest BCUT2D eigenvalue weighted by molar-refractivity contribution is -0.141. The van der Waals surface area contributed by atoms with Gasteiger partial charge in [-0.15, -0.1) is 0 Å². The van der Waals surface area contributed by atoms with E-state index < -0.39 is 23.5 Å². The van der Waals surface area contributed by atoms with Gasteiger partial charge < -0.3 is 29.6 Å². The second-order valence-corrected chi connectivity index (χ2v) is 9.56. The Kier molecular flexibility index (Phi) is 9.08. The number of piperidine rings is 2. The molecule has 2 aliphatic heterocycles. The van der Waals surface area contributed by atoms with Crippen molar-refractivity contribution in [2.75, 3.05) is 61.6 Å². The number of amides is 2. The summed E-state index contributed by atoms with van der Waals surface area (Å²) in [5.41, 5.74) is -1.10. The Labute approximate surface area is 218 Å². The van der Waals surface area contributed by atoms with E-state index in [4.69, 9.17) is 9.15 Å². The molecule has 0 atom stereocenters. The van der Waals surface area contributed by atoms with Crippen LogP contribution in [0.1, 0.15) is 54.8 Å². The van der Waals surface area contributed by atoms with E-state index in [0.717, 1.165) is 45.2 Å². The molecule has 4 rings (SSSR count). The summed E-state index contributed by atoms with van der Waals surface area (Å²) in [4.78, 5) is 36.4. The SMILES string of the molecule is COCCNC(=O)CC1CCN(c2ccc(NC(=O)c3oc(N4CCCCC4)nc3C(F)(F)F)cn2)CC1. The zero-order chi connectivity index (χ0) is 27.1. The summed E-state index contributed by atoms with van der Waals surface area (Å²) in [6, 6.07) is 3.11. The number of carbonyl (C=O) groups excluding carboxylic acids is 2. The van der Waals surface area contributed by atoms with E-state index in [2.05, 4.69) is 25.5 Å². The molecule has 4 heterocycles. The Balaban J connectivity index is 1.33. The summed E-state index contributed by atoms with van der Waals surface area (Å²) >= 11 is 0. The third kappa shape index (κ3) is 7.15. The van der Waals surface area contributed by atoms with Crippen LogP contribution < -0.4 is 20.4 Å². The Morgan fingerprint density at radius 3 is 2.47 bits per heavy atom. The van der Waals surface area contributed by atoms with Gasteiger partial charge in [-0.3, -0.25) is 9.59 Å². The van der Waals surface area contributed by atoms with Crippen LogP contribution in [0, 0.1) is 5.92 Å². The van der Waals surface area contributed by atoms with Gasteiger partial charge in [-0.2, -0.15) is 18.2 Å². The average molecular weight is 539 g/mol. The van der Waals surface area contributed by atoms with Gasteiger partial charge >= 0.3 is 6.18 Å². The number of hydrogen-bond acceptors (Lipinski definition) is 8. The molecule has 208 valence electrons. The normalized spacial score (nSPS) is 16.9. The van der Waals surface area contributed by atoms with Crippen LogP contribution in [0.4, 0.5) is 30.7 Å². The van der Waals surface area contributed by atoms with E-state index >= 15 is 0 Å². The quantitative estimate of drug-likeness (QED) is 0.465. The first-order chi connectivity index (χ1) is 18.2. The van der Waals surface area contributed by atoms with E-state index in [1.54, 1.807) is 24.1 Å². The first-order valence-electron chi connectivity index (χ1n) is 12.9. The van der Waals surface area contributed by atoms with Crippen molar-refractivity contribution in [2.24, 2.45) is 5.92 Å². The van der Waals surface area contributed by atoms with Gasteiger partial charge in [-0.25, -0.2) is 4.98 Å². The molecule has 0 bridgehead atoms. The van der Waals surface area contributed by atoms with Crippen molar-refractivity contribution < 1.29 is 31.9 Å². The standard InChI is InChI=1S/C25H33F3N6O4/c1-37-14-9-29-20(35)15-17-7-12-33(13-8-17)19-6-5-18(16-30-19)31-23(36)21-22(25(26,27)28)32-24(38-21)34-10-3-2-4-11-34/h5-6,16-17H,2-4,7-15H2,1H3,(H,29,35)(H,31,36). The second-order valence-electron chi connectivity index (χ2n) is 9.56. The highest BCUT2D eigenvalue weighted by molar-refractivity contribution is 6.03. The maximum Gasteiger partial charge on any atom is 0.437 e. The number of nitrogens with one attached hydrogen (secondary N) is 2. The maximum atomic E-state index is 13.6. The number of alkyl halides is 3. The second kappa shape index (κ2) is 12.5. The summed E-state index contributed by atoms with van der Waals surface area (Å²) in [7, 11) is 1.59. The van der Waals surface area contributed by atoms with Crippen LogP contribution >= 0.6 is 0 Å². The lowest BCUT2D eigenvalue weighted by atomic mass is 9.93. The minimum absolute atomic E-state index is 0.0159. The third-order valence-electron chi connectivity index (χ3n) is 6.76. The van der Waals surface area contributed by atoms with Crippen LogP contribution in [0.3, 0.4) is 0 Å². The van der Waals surface area contributed by atoms with Gasteiger partial charge in [0.2, 0.25) is 11.7 Å². The molecule has 0 unspecified atom stereocenters. The monoisotopic (exact) mass is 538 g/mol. The van der Waals surface area contributed by atoms with Gasteiger partial charge in [-0.1, -0.05) is 0 Å². The number of rotatable bonds is 9. The summed E-state index contributed by atoms with van der Waals surface area (Å²) < 4.78 is 51.0. The number of hydrogen-bond donors (Lipinski definition) is 2. The van der Waals surface area contributed by atoms with Gasteiger partial charge in [0.05, 0.1) is 18.5 Å². The molecule has 0 aromatic carbocycles. The van der Waals surface area contributed by atoms with Gasteiger partial charge in [0.25, 0.3) is 11.9 Å². The molecule has 2 saturated heterocycles. The van der Waals surface area contributed by atoms with E-state index in [9.17, 15) is 22.8 Å². The Morgan fingerprint density at radius 1 is 1.11 bits per heavy atom. The minimum atomic E-state index is -4.83. The molecule has 13 heteroatoms. The van der Waals surface area contributed by atoms with E-state index in [1.807, 2.05) is 0 Å². The molecule has 2 aromatic heterocycles. The minimum Gasteiger partial charge on any atom is -0.417 e. The van der Waals surface area contributed by atoms with Gasteiger partial charge in [0.1, 0.15) is 5.82 Å². The zero-order valence-electron chi connectivity index (χ0n) is 21.4. The van der Waals surface area contributed by atoms with Crippen molar-refractivity contribution in [3.63, 3.8) is 0 Å². The topological polar surface area (TPSA) is 113 Å². The summed E-state index contributed by atoms with van der Waals surface area (Å²) in [6.07, 6.45) is 1.35. The average Bonchev–Trinajstić information content (AvgIpc) is 3.37. The summed E-state index contributed by atoms with van der Waals surface area (Å²) in [5, 5.41) is 5.28. The fraction of sp³-hybridized carbons (Fsp3) is 0.600. The highest BCUT2D eigenvalue weighted by atomic mass is 19.4. The van der Waals surface area contributed by atoms with E-state index in [-0.39, 0.29) is 23.5 Å². The van der Waals surface area contributed by atoms with Crippen LogP contribution in [-0.2, 0) is 15.7 Å². The highest BCUT2D eigenvalue weighted by Gasteiger charge is 2.42. The summed E-state index contributed by atoms with van der Waals surface area (Å²) in [5.74, 6) is -0.911. The number of oxazole rings is 1. The number of anilines is 3. The number of ether oxygens (including phenoxy) is 1. The molecule has 2 fully saturated rings. The molecular weight excluding hydrogens is 505 g/mol. The lowest BCUT2D eigenvalue weighted by Gasteiger charge is -2.32. The molecule has 10 nitrogen and oxygen atoms in total. The number of methoxy groups -OCH3 is 1. The Hall–Kier alpha value is -3.35. The number of aromatic nitrogens is 2. The highest BCUT2D eigenvalue weighted by Crippen LogP contribution is 2.35. The Morgan fingerprint density at radius 2 is 1.84 bits per heavy atom. The van der Waals surface area contributed by atoms with Crippen LogP contribution in [0.15, 0.2) is 22.7 Å². The van der Waals surface area contributed by atoms with Crippen molar-refractivity contribution in [1.29, 1.82) is 0 Å². The number of halogens is 3. The van der Waals surface area contributed by atoms with Gasteiger partial charge in [0.15, 0.2) is 5.69 Å². The van der Waals surface area contributed by atoms with Gasteiger partial charge in [0, 0.05) is 46.3 Å². The molecule has 0 spiro atoms. The summed E-state index contributed by atoms with van der Waals surface area (Å²) in [6.45, 7) is 3.48. The van der Waals surface area contributed by atoms with Crippen molar-refractivity contribution in [2.45, 2.75) is 44.7 Å². The predicted molar refractivity (Wildman–Crippen MR) is 134 cm³/mol.